The van der Waals surface area contributed by atoms with Gasteiger partial charge in [0.2, 0.25) is 0 Å². The average molecular weight is 283 g/mol. The summed E-state index contributed by atoms with van der Waals surface area (Å²) < 4.78 is 0. The van der Waals surface area contributed by atoms with Crippen molar-refractivity contribution >= 4 is 16.8 Å². The van der Waals surface area contributed by atoms with Crippen molar-refractivity contribution < 1.29 is 4.79 Å². The van der Waals surface area contributed by atoms with Gasteiger partial charge in [0.15, 0.2) is 0 Å². The van der Waals surface area contributed by atoms with Gasteiger partial charge in [0.25, 0.3) is 5.91 Å². The minimum atomic E-state index is 0.0508. The van der Waals surface area contributed by atoms with Crippen molar-refractivity contribution in [1.29, 1.82) is 0 Å². The van der Waals surface area contributed by atoms with Gasteiger partial charge in [-0.05, 0) is 50.4 Å². The summed E-state index contributed by atoms with van der Waals surface area (Å²) in [5.41, 5.74) is 2.12. The molecule has 21 heavy (non-hydrogen) atoms. The molecule has 0 radical (unpaired) electrons. The van der Waals surface area contributed by atoms with E-state index in [0.29, 0.717) is 5.41 Å². The van der Waals surface area contributed by atoms with Gasteiger partial charge in [-0.15, -0.1) is 0 Å². The van der Waals surface area contributed by atoms with Gasteiger partial charge in [-0.2, -0.15) is 0 Å². The zero-order valence-corrected chi connectivity index (χ0v) is 12.2. The minimum absolute atomic E-state index is 0.0508. The van der Waals surface area contributed by atoms with E-state index in [1.807, 2.05) is 30.5 Å². The highest BCUT2D eigenvalue weighted by Crippen LogP contribution is 2.39. The lowest BCUT2D eigenvalue weighted by molar-refractivity contribution is 0.0262. The van der Waals surface area contributed by atoms with Crippen LogP contribution >= 0.6 is 0 Å². The van der Waals surface area contributed by atoms with Crippen LogP contribution in [-0.2, 0) is 0 Å². The number of fused-ring (bicyclic) bond motifs is 4. The van der Waals surface area contributed by atoms with Crippen molar-refractivity contribution in [3.05, 3.63) is 36.0 Å². The molecule has 2 bridgehead atoms. The van der Waals surface area contributed by atoms with E-state index in [-0.39, 0.29) is 5.91 Å². The second-order valence-electron chi connectivity index (χ2n) is 6.52. The summed E-state index contributed by atoms with van der Waals surface area (Å²) in [6.07, 6.45) is 5.49. The van der Waals surface area contributed by atoms with Crippen molar-refractivity contribution in [2.45, 2.75) is 19.3 Å². The number of nitrogens with one attached hydrogen (secondary N) is 2. The van der Waals surface area contributed by atoms with Gasteiger partial charge in [0.05, 0.1) is 5.56 Å². The van der Waals surface area contributed by atoms with Gasteiger partial charge >= 0.3 is 0 Å². The van der Waals surface area contributed by atoms with Gasteiger partial charge in [-0.25, -0.2) is 0 Å². The lowest BCUT2D eigenvalue weighted by Gasteiger charge is -2.48. The molecular weight excluding hydrogens is 262 g/mol. The average Bonchev–Trinajstić information content (AvgIpc) is 2.99. The van der Waals surface area contributed by atoms with Crippen LogP contribution in [0, 0.1) is 5.41 Å². The zero-order valence-electron chi connectivity index (χ0n) is 12.2. The monoisotopic (exact) mass is 283 g/mol. The predicted molar refractivity (Wildman–Crippen MR) is 83.4 cm³/mol. The van der Waals surface area contributed by atoms with Crippen LogP contribution in [0.3, 0.4) is 0 Å². The first-order chi connectivity index (χ1) is 10.3. The minimum Gasteiger partial charge on any atom is -0.360 e. The lowest BCUT2D eigenvalue weighted by atomic mass is 9.72. The molecule has 4 heterocycles. The van der Waals surface area contributed by atoms with Crippen LogP contribution in [0.15, 0.2) is 30.5 Å². The van der Waals surface area contributed by atoms with Gasteiger partial charge in [-0.3, -0.25) is 4.79 Å². The number of carbonyl (C=O) groups excluding carboxylic acids is 1. The molecule has 110 valence electrons. The third-order valence-corrected chi connectivity index (χ3v) is 5.33. The first-order valence-corrected chi connectivity index (χ1v) is 7.83. The number of hydrogen-bond acceptors (Lipinski definition) is 2. The smallest absolute Gasteiger partial charge is 0.253 e. The molecule has 3 saturated heterocycles. The molecule has 1 aromatic heterocycles. The fourth-order valence-corrected chi connectivity index (χ4v) is 3.78. The number of benzene rings is 1. The highest BCUT2D eigenvalue weighted by Gasteiger charge is 2.39. The molecule has 0 spiro atoms. The Hall–Kier alpha value is -1.81. The Kier molecular flexibility index (Phi) is 3.00. The summed E-state index contributed by atoms with van der Waals surface area (Å²) in [4.78, 5) is 18.2. The topological polar surface area (TPSA) is 48.1 Å². The summed E-state index contributed by atoms with van der Waals surface area (Å²) in [7, 11) is 0. The van der Waals surface area contributed by atoms with Gasteiger partial charge < -0.3 is 15.2 Å². The van der Waals surface area contributed by atoms with Crippen molar-refractivity contribution in [3.8, 4) is 0 Å². The fourth-order valence-electron chi connectivity index (χ4n) is 3.78. The van der Waals surface area contributed by atoms with Crippen LogP contribution in [-0.4, -0.2) is 42.0 Å². The first kappa shape index (κ1) is 12.9. The van der Waals surface area contributed by atoms with Crippen molar-refractivity contribution in [2.75, 3.05) is 26.2 Å². The van der Waals surface area contributed by atoms with E-state index in [2.05, 4.69) is 15.2 Å². The number of hydrogen-bond donors (Lipinski definition) is 2. The molecule has 1 amide bonds. The predicted octanol–water partition coefficient (Wildman–Crippen LogP) is 2.38. The molecule has 0 saturated carbocycles. The highest BCUT2D eigenvalue weighted by atomic mass is 16.1. The molecular formula is C17H21N3O. The molecule has 3 fully saturated rings. The van der Waals surface area contributed by atoms with E-state index >= 15 is 0 Å². The number of aromatic amines is 1. The largest absolute Gasteiger partial charge is 0.360 e. The maximum atomic E-state index is 12.5. The number of aromatic nitrogens is 1. The van der Waals surface area contributed by atoms with Crippen LogP contribution in [0.1, 0.15) is 29.6 Å². The molecule has 3 aliphatic rings. The third kappa shape index (κ3) is 2.23. The summed E-state index contributed by atoms with van der Waals surface area (Å²) in [5, 5.41) is 4.19. The van der Waals surface area contributed by atoms with Gasteiger partial charge in [-0.1, -0.05) is 18.2 Å². The fraction of sp³-hybridized carbons (Fsp3) is 0.471. The standard InChI is InChI=1S/C17H21N3O/c21-16(14-11-18-15-4-2-1-3-13(14)15)19-12-17-5-8-20(9-6-17)10-7-17/h1-4,11,18H,5-10,12H2,(H,19,21). The summed E-state index contributed by atoms with van der Waals surface area (Å²) in [6.45, 7) is 4.41. The molecule has 2 N–H and O–H groups in total. The van der Waals surface area contributed by atoms with Crippen molar-refractivity contribution in [2.24, 2.45) is 5.41 Å². The normalized spacial score (nSPS) is 27.9. The van der Waals surface area contributed by atoms with Crippen LogP contribution < -0.4 is 5.32 Å². The Morgan fingerprint density at radius 1 is 1.19 bits per heavy atom. The number of amides is 1. The van der Waals surface area contributed by atoms with Crippen molar-refractivity contribution in [3.63, 3.8) is 0 Å². The van der Waals surface area contributed by atoms with E-state index in [1.54, 1.807) is 0 Å². The van der Waals surface area contributed by atoms with Crippen molar-refractivity contribution in [1.82, 2.24) is 15.2 Å². The molecule has 0 aliphatic carbocycles. The molecule has 2 aromatic rings. The number of piperidine rings is 3. The Morgan fingerprint density at radius 2 is 1.90 bits per heavy atom. The third-order valence-electron chi connectivity index (χ3n) is 5.33. The summed E-state index contributed by atoms with van der Waals surface area (Å²) in [6, 6.07) is 7.96. The summed E-state index contributed by atoms with van der Waals surface area (Å²) >= 11 is 0. The van der Waals surface area contributed by atoms with Gasteiger partial charge in [0.1, 0.15) is 0 Å². The van der Waals surface area contributed by atoms with Crippen LogP contribution in [0.5, 0.6) is 0 Å². The van der Waals surface area contributed by atoms with Crippen LogP contribution in [0.4, 0.5) is 0 Å². The SMILES string of the molecule is O=C(NCC12CCN(CC1)CC2)c1c[nH]c2ccccc12. The molecule has 4 heteroatoms. The van der Waals surface area contributed by atoms with Crippen LogP contribution in [0.2, 0.25) is 0 Å². The second kappa shape index (κ2) is 4.88. The quantitative estimate of drug-likeness (QED) is 0.908. The molecule has 0 atom stereocenters. The second-order valence-corrected chi connectivity index (χ2v) is 6.52. The maximum Gasteiger partial charge on any atom is 0.253 e. The van der Waals surface area contributed by atoms with Gasteiger partial charge in [0, 0.05) is 23.6 Å². The first-order valence-electron chi connectivity index (χ1n) is 7.83. The summed E-state index contributed by atoms with van der Waals surface area (Å²) in [5.74, 6) is 0.0508. The lowest BCUT2D eigenvalue weighted by Crippen LogP contribution is -2.52. The maximum absolute atomic E-state index is 12.5. The molecule has 5 rings (SSSR count). The zero-order chi connectivity index (χ0) is 14.3. The number of rotatable bonds is 3. The van der Waals surface area contributed by atoms with E-state index in [9.17, 15) is 4.79 Å². The Morgan fingerprint density at radius 3 is 2.67 bits per heavy atom. The number of nitrogens with zero attached hydrogens (tertiary/aromatic N) is 1. The Bertz CT molecular complexity index is 654. The molecule has 1 aromatic carbocycles. The molecule has 0 unspecified atom stereocenters. The number of para-hydroxylation sites is 1. The molecule has 4 nitrogen and oxygen atoms in total. The van der Waals surface area contributed by atoms with E-state index in [4.69, 9.17) is 0 Å². The van der Waals surface area contributed by atoms with E-state index in [1.165, 1.54) is 38.9 Å². The number of carbonyl (C=O) groups is 1. The van der Waals surface area contributed by atoms with E-state index < -0.39 is 0 Å². The van der Waals surface area contributed by atoms with E-state index in [0.717, 1.165) is 23.0 Å². The number of H-pyrrole nitrogens is 1. The Balaban J connectivity index is 1.48. The van der Waals surface area contributed by atoms with Crippen LogP contribution in [0.25, 0.3) is 10.9 Å². The molecule has 3 aliphatic heterocycles. The highest BCUT2D eigenvalue weighted by molar-refractivity contribution is 6.06. The Labute approximate surface area is 124 Å².